The van der Waals surface area contributed by atoms with E-state index in [-0.39, 0.29) is 24.7 Å². The molecule has 1 atom stereocenters. The van der Waals surface area contributed by atoms with Crippen LogP contribution in [0.2, 0.25) is 0 Å². The molecule has 0 aliphatic rings. The van der Waals surface area contributed by atoms with Gasteiger partial charge in [0, 0.05) is 23.3 Å². The van der Waals surface area contributed by atoms with Gasteiger partial charge in [-0.15, -0.1) is 11.3 Å². The number of amides is 1. The van der Waals surface area contributed by atoms with Gasteiger partial charge in [0.05, 0.1) is 12.1 Å². The minimum atomic E-state index is -0.924. The predicted molar refractivity (Wildman–Crippen MR) is 102 cm³/mol. The molecule has 1 heterocycles. The zero-order valence-electron chi connectivity index (χ0n) is 14.0. The Morgan fingerprint density at radius 3 is 2.31 bits per heavy atom. The zero-order valence-corrected chi connectivity index (χ0v) is 14.8. The molecule has 6 heteroatoms. The number of thiazole rings is 1. The summed E-state index contributed by atoms with van der Waals surface area (Å²) in [7, 11) is 0. The van der Waals surface area contributed by atoms with Crippen LogP contribution in [0.5, 0.6) is 0 Å². The van der Waals surface area contributed by atoms with E-state index in [0.29, 0.717) is 5.13 Å². The molecule has 2 aromatic carbocycles. The van der Waals surface area contributed by atoms with E-state index < -0.39 is 5.97 Å². The van der Waals surface area contributed by atoms with Crippen LogP contribution < -0.4 is 5.32 Å². The van der Waals surface area contributed by atoms with Gasteiger partial charge in [0.1, 0.15) is 0 Å². The van der Waals surface area contributed by atoms with Crippen LogP contribution in [0.15, 0.2) is 66.0 Å². The summed E-state index contributed by atoms with van der Waals surface area (Å²) in [6.45, 7) is 0. The quantitative estimate of drug-likeness (QED) is 0.650. The fourth-order valence-corrected chi connectivity index (χ4v) is 3.45. The fourth-order valence-electron chi connectivity index (χ4n) is 2.71. The molecule has 0 unspecified atom stereocenters. The number of benzene rings is 2. The highest BCUT2D eigenvalue weighted by Gasteiger charge is 2.20. The molecule has 26 heavy (non-hydrogen) atoms. The fraction of sp³-hybridized carbons (Fsp3) is 0.150. The minimum Gasteiger partial charge on any atom is -0.481 e. The van der Waals surface area contributed by atoms with Gasteiger partial charge in [0.2, 0.25) is 5.91 Å². The molecular formula is C20H18N2O3S. The predicted octanol–water partition coefficient (Wildman–Crippen LogP) is 4.40. The summed E-state index contributed by atoms with van der Waals surface area (Å²) in [5.41, 5.74) is 2.63. The minimum absolute atomic E-state index is 0.0927. The summed E-state index contributed by atoms with van der Waals surface area (Å²) in [6.07, 6.45) is 0.00112. The molecule has 0 fully saturated rings. The van der Waals surface area contributed by atoms with Crippen LogP contribution in [0.3, 0.4) is 0 Å². The Kier molecular flexibility index (Phi) is 5.76. The summed E-state index contributed by atoms with van der Waals surface area (Å²) in [6, 6.07) is 19.0. The lowest BCUT2D eigenvalue weighted by Gasteiger charge is -2.14. The third kappa shape index (κ3) is 4.77. The zero-order chi connectivity index (χ0) is 18.4. The standard InChI is InChI=1S/C20H18N2O3S/c23-18(11-16(12-19(24)25)14-7-3-1-4-8-14)22-20-21-17(13-26-20)15-9-5-2-6-10-15/h1-10,13,16H,11-12H2,(H,24,25)(H,21,22,23)/t16-/m0/s1. The number of aromatic nitrogens is 1. The molecule has 5 nitrogen and oxygen atoms in total. The Bertz CT molecular complexity index is 878. The maximum atomic E-state index is 12.4. The number of nitrogens with zero attached hydrogens (tertiary/aromatic N) is 1. The Balaban J connectivity index is 1.67. The largest absolute Gasteiger partial charge is 0.481 e. The molecule has 1 amide bonds. The van der Waals surface area contributed by atoms with Crippen molar-refractivity contribution < 1.29 is 14.7 Å². The summed E-state index contributed by atoms with van der Waals surface area (Å²) in [4.78, 5) is 28.0. The van der Waals surface area contributed by atoms with E-state index in [1.807, 2.05) is 66.0 Å². The number of anilines is 1. The first-order valence-electron chi connectivity index (χ1n) is 8.19. The van der Waals surface area contributed by atoms with Gasteiger partial charge in [0.15, 0.2) is 5.13 Å². The van der Waals surface area contributed by atoms with Gasteiger partial charge in [-0.3, -0.25) is 9.59 Å². The molecule has 0 spiro atoms. The molecule has 0 aliphatic heterocycles. The molecule has 0 bridgehead atoms. The molecule has 1 aromatic heterocycles. The lowest BCUT2D eigenvalue weighted by atomic mass is 9.92. The van der Waals surface area contributed by atoms with E-state index in [0.717, 1.165) is 16.8 Å². The SMILES string of the molecule is O=C(O)C[C@H](CC(=O)Nc1nc(-c2ccccc2)cs1)c1ccccc1. The maximum absolute atomic E-state index is 12.4. The summed E-state index contributed by atoms with van der Waals surface area (Å²) in [5.74, 6) is -1.54. The average molecular weight is 366 g/mol. The molecule has 3 rings (SSSR count). The van der Waals surface area contributed by atoms with Crippen LogP contribution in [-0.2, 0) is 9.59 Å². The van der Waals surface area contributed by atoms with E-state index in [4.69, 9.17) is 5.11 Å². The van der Waals surface area contributed by atoms with Crippen LogP contribution in [-0.4, -0.2) is 22.0 Å². The highest BCUT2D eigenvalue weighted by molar-refractivity contribution is 7.14. The van der Waals surface area contributed by atoms with Gasteiger partial charge in [-0.25, -0.2) is 4.98 Å². The van der Waals surface area contributed by atoms with Crippen molar-refractivity contribution in [2.24, 2.45) is 0 Å². The van der Waals surface area contributed by atoms with Gasteiger partial charge in [0.25, 0.3) is 0 Å². The molecule has 0 saturated heterocycles. The number of nitrogens with one attached hydrogen (secondary N) is 1. The molecule has 3 aromatic rings. The monoisotopic (exact) mass is 366 g/mol. The van der Waals surface area contributed by atoms with Gasteiger partial charge < -0.3 is 10.4 Å². The van der Waals surface area contributed by atoms with Crippen molar-refractivity contribution >= 4 is 28.3 Å². The molecule has 0 saturated carbocycles. The molecule has 0 aliphatic carbocycles. The van der Waals surface area contributed by atoms with E-state index in [1.165, 1.54) is 11.3 Å². The van der Waals surface area contributed by atoms with E-state index in [2.05, 4.69) is 10.3 Å². The van der Waals surface area contributed by atoms with Crippen LogP contribution in [0.4, 0.5) is 5.13 Å². The molecule has 2 N–H and O–H groups in total. The molecule has 0 radical (unpaired) electrons. The van der Waals surface area contributed by atoms with Crippen LogP contribution in [0.25, 0.3) is 11.3 Å². The average Bonchev–Trinajstić information content (AvgIpc) is 3.10. The smallest absolute Gasteiger partial charge is 0.303 e. The van der Waals surface area contributed by atoms with Crippen molar-refractivity contribution in [3.05, 3.63) is 71.6 Å². The van der Waals surface area contributed by atoms with Crippen LogP contribution in [0.1, 0.15) is 24.3 Å². The topological polar surface area (TPSA) is 79.3 Å². The Morgan fingerprint density at radius 2 is 1.65 bits per heavy atom. The number of carboxylic acids is 1. The van der Waals surface area contributed by atoms with Gasteiger partial charge in [-0.05, 0) is 5.56 Å². The Hall–Kier alpha value is -2.99. The second-order valence-electron chi connectivity index (χ2n) is 5.86. The third-order valence-electron chi connectivity index (χ3n) is 3.94. The number of aliphatic carboxylic acids is 1. The van der Waals surface area contributed by atoms with E-state index in [1.54, 1.807) is 0 Å². The first kappa shape index (κ1) is 17.8. The summed E-state index contributed by atoms with van der Waals surface area (Å²) in [5, 5.41) is 14.3. The van der Waals surface area contributed by atoms with Crippen molar-refractivity contribution in [1.29, 1.82) is 0 Å². The van der Waals surface area contributed by atoms with Gasteiger partial charge >= 0.3 is 5.97 Å². The van der Waals surface area contributed by atoms with Crippen molar-refractivity contribution in [3.63, 3.8) is 0 Å². The van der Waals surface area contributed by atoms with Crippen molar-refractivity contribution in [3.8, 4) is 11.3 Å². The number of carbonyl (C=O) groups excluding carboxylic acids is 1. The lowest BCUT2D eigenvalue weighted by Crippen LogP contribution is -2.17. The number of carboxylic acid groups (broad SMARTS) is 1. The number of hydrogen-bond acceptors (Lipinski definition) is 4. The van der Waals surface area contributed by atoms with Gasteiger partial charge in [-0.1, -0.05) is 60.7 Å². The van der Waals surface area contributed by atoms with Crippen LogP contribution >= 0.6 is 11.3 Å². The second kappa shape index (κ2) is 8.40. The van der Waals surface area contributed by atoms with E-state index >= 15 is 0 Å². The van der Waals surface area contributed by atoms with Crippen molar-refractivity contribution in [2.75, 3.05) is 5.32 Å². The van der Waals surface area contributed by atoms with Crippen LogP contribution in [0, 0.1) is 0 Å². The molecule has 132 valence electrons. The maximum Gasteiger partial charge on any atom is 0.303 e. The third-order valence-corrected chi connectivity index (χ3v) is 4.70. The Morgan fingerprint density at radius 1 is 1.00 bits per heavy atom. The number of hydrogen-bond donors (Lipinski definition) is 2. The van der Waals surface area contributed by atoms with E-state index in [9.17, 15) is 9.59 Å². The highest BCUT2D eigenvalue weighted by atomic mass is 32.1. The highest BCUT2D eigenvalue weighted by Crippen LogP contribution is 2.27. The lowest BCUT2D eigenvalue weighted by molar-refractivity contribution is -0.137. The second-order valence-corrected chi connectivity index (χ2v) is 6.72. The Labute approximate surface area is 155 Å². The van der Waals surface area contributed by atoms with Crippen molar-refractivity contribution in [1.82, 2.24) is 4.98 Å². The number of carbonyl (C=O) groups is 2. The van der Waals surface area contributed by atoms with Gasteiger partial charge in [-0.2, -0.15) is 0 Å². The summed E-state index contributed by atoms with van der Waals surface area (Å²) < 4.78 is 0. The molecular weight excluding hydrogens is 348 g/mol. The summed E-state index contributed by atoms with van der Waals surface area (Å²) >= 11 is 1.35. The first-order chi connectivity index (χ1) is 12.6. The first-order valence-corrected chi connectivity index (χ1v) is 9.07. The normalized spacial score (nSPS) is 11.7. The number of rotatable bonds is 7. The van der Waals surface area contributed by atoms with Crippen molar-refractivity contribution in [2.45, 2.75) is 18.8 Å².